The number of benzene rings is 1. The van der Waals surface area contributed by atoms with Crippen LogP contribution in [0.4, 0.5) is 4.39 Å². The molecule has 136 valence electrons. The van der Waals surface area contributed by atoms with Crippen molar-refractivity contribution >= 4 is 5.96 Å². The molecule has 0 atom stereocenters. The lowest BCUT2D eigenvalue weighted by atomic mass is 10.2. The highest BCUT2D eigenvalue weighted by Crippen LogP contribution is 2.08. The second-order valence-electron chi connectivity index (χ2n) is 6.55. The number of nitrogens with one attached hydrogen (secondary N) is 1. The van der Waals surface area contributed by atoms with E-state index < -0.39 is 0 Å². The monoisotopic (exact) mass is 345 g/mol. The van der Waals surface area contributed by atoms with Gasteiger partial charge >= 0.3 is 0 Å². The van der Waals surface area contributed by atoms with E-state index in [1.807, 2.05) is 37.3 Å². The Kier molecular flexibility index (Phi) is 6.98. The fourth-order valence-corrected chi connectivity index (χ4v) is 2.65. The molecule has 2 aromatic rings. The maximum absolute atomic E-state index is 13.4. The maximum atomic E-state index is 13.4. The lowest BCUT2D eigenvalue weighted by Crippen LogP contribution is -2.38. The molecule has 0 saturated heterocycles. The lowest BCUT2D eigenvalue weighted by Gasteiger charge is -2.22. The van der Waals surface area contributed by atoms with Gasteiger partial charge in [-0.1, -0.05) is 26.0 Å². The average molecular weight is 345 g/mol. The summed E-state index contributed by atoms with van der Waals surface area (Å²) in [5.41, 5.74) is 0.911. The minimum absolute atomic E-state index is 0.219. The van der Waals surface area contributed by atoms with Gasteiger partial charge in [0.05, 0.1) is 0 Å². The molecule has 0 unspecified atom stereocenters. The van der Waals surface area contributed by atoms with Crippen molar-refractivity contribution in [3.63, 3.8) is 0 Å². The first-order chi connectivity index (χ1) is 12.0. The average Bonchev–Trinajstić information content (AvgIpc) is 2.97. The highest BCUT2D eigenvalue weighted by molar-refractivity contribution is 5.79. The molecule has 6 heteroatoms. The molecule has 0 fully saturated rings. The van der Waals surface area contributed by atoms with Crippen molar-refractivity contribution in [1.82, 2.24) is 19.8 Å². The second kappa shape index (κ2) is 9.20. The zero-order chi connectivity index (χ0) is 18.2. The Morgan fingerprint density at radius 1 is 1.40 bits per heavy atom. The molecule has 0 spiro atoms. The predicted octanol–water partition coefficient (Wildman–Crippen LogP) is 3.28. The van der Waals surface area contributed by atoms with E-state index in [4.69, 9.17) is 4.99 Å². The zero-order valence-electron chi connectivity index (χ0n) is 15.5. The van der Waals surface area contributed by atoms with Crippen LogP contribution in [0.1, 0.15) is 32.2 Å². The molecule has 5 nitrogen and oxygen atoms in total. The second-order valence-corrected chi connectivity index (χ2v) is 6.55. The van der Waals surface area contributed by atoms with Crippen LogP contribution in [0.15, 0.2) is 41.7 Å². The summed E-state index contributed by atoms with van der Waals surface area (Å²) in [6.07, 6.45) is 3.81. The van der Waals surface area contributed by atoms with Crippen LogP contribution in [0.5, 0.6) is 0 Å². The first-order valence-electron chi connectivity index (χ1n) is 8.73. The van der Waals surface area contributed by atoms with E-state index in [1.165, 1.54) is 6.07 Å². The van der Waals surface area contributed by atoms with Gasteiger partial charge in [0, 0.05) is 39.1 Å². The van der Waals surface area contributed by atoms with E-state index in [1.54, 1.807) is 12.1 Å². The summed E-state index contributed by atoms with van der Waals surface area (Å²) in [7, 11) is 1.95. The number of aliphatic imine (C=N–C) groups is 1. The van der Waals surface area contributed by atoms with Gasteiger partial charge in [0.1, 0.15) is 18.2 Å². The molecule has 1 heterocycles. The molecule has 1 aromatic carbocycles. The van der Waals surface area contributed by atoms with Crippen molar-refractivity contribution in [2.75, 3.05) is 13.6 Å². The fourth-order valence-electron chi connectivity index (χ4n) is 2.65. The highest BCUT2D eigenvalue weighted by Gasteiger charge is 2.09. The van der Waals surface area contributed by atoms with Gasteiger partial charge in [0.15, 0.2) is 5.96 Å². The number of rotatable bonds is 7. The smallest absolute Gasteiger partial charge is 0.194 e. The minimum Gasteiger partial charge on any atom is -0.357 e. The van der Waals surface area contributed by atoms with E-state index in [-0.39, 0.29) is 5.82 Å². The number of halogens is 1. The van der Waals surface area contributed by atoms with E-state index in [2.05, 4.69) is 28.7 Å². The Hall–Kier alpha value is -2.37. The van der Waals surface area contributed by atoms with Gasteiger partial charge in [-0.3, -0.25) is 0 Å². The largest absolute Gasteiger partial charge is 0.357 e. The molecule has 0 aliphatic rings. The number of aromatic nitrogens is 2. The summed E-state index contributed by atoms with van der Waals surface area (Å²) < 4.78 is 15.5. The lowest BCUT2D eigenvalue weighted by molar-refractivity contribution is 0.472. The molecule has 1 N–H and O–H groups in total. The summed E-state index contributed by atoms with van der Waals surface area (Å²) in [6, 6.07) is 6.65. The van der Waals surface area contributed by atoms with Crippen molar-refractivity contribution in [3.8, 4) is 0 Å². The maximum Gasteiger partial charge on any atom is 0.194 e. The van der Waals surface area contributed by atoms with Crippen LogP contribution in [0, 0.1) is 11.7 Å². The van der Waals surface area contributed by atoms with Crippen molar-refractivity contribution in [2.45, 2.75) is 40.4 Å². The molecule has 2 rings (SSSR count). The molecule has 0 saturated carbocycles. The van der Waals surface area contributed by atoms with Gasteiger partial charge in [-0.25, -0.2) is 14.4 Å². The molecule has 0 bridgehead atoms. The number of hydrogen-bond acceptors (Lipinski definition) is 2. The third-order valence-electron chi connectivity index (χ3n) is 3.74. The number of hydrogen-bond donors (Lipinski definition) is 1. The van der Waals surface area contributed by atoms with Crippen LogP contribution in [0.3, 0.4) is 0 Å². The quantitative estimate of drug-likeness (QED) is 0.619. The Bertz CT molecular complexity index is 693. The van der Waals surface area contributed by atoms with Crippen molar-refractivity contribution in [3.05, 3.63) is 53.9 Å². The van der Waals surface area contributed by atoms with Gasteiger partial charge in [0.25, 0.3) is 0 Å². The number of guanidine groups is 1. The first kappa shape index (κ1) is 19.0. The molecule has 0 aliphatic carbocycles. The summed E-state index contributed by atoms with van der Waals surface area (Å²) in [4.78, 5) is 11.1. The van der Waals surface area contributed by atoms with Gasteiger partial charge in [-0.2, -0.15) is 0 Å². The first-order valence-corrected chi connectivity index (χ1v) is 8.73. The standard InChI is InChI=1S/C19H28FN5/c1-5-21-19(24(4)14-16-7-6-8-17(20)11-16)23-12-18-22-9-10-25(18)13-15(2)3/h6-11,15H,5,12-14H2,1-4H3,(H,21,23). The molecular weight excluding hydrogens is 317 g/mol. The van der Waals surface area contributed by atoms with Crippen LogP contribution in [-0.4, -0.2) is 34.0 Å². The molecule has 0 amide bonds. The van der Waals surface area contributed by atoms with Crippen LogP contribution in [-0.2, 0) is 19.6 Å². The van der Waals surface area contributed by atoms with E-state index >= 15 is 0 Å². The molecule has 25 heavy (non-hydrogen) atoms. The Balaban J connectivity index is 2.08. The topological polar surface area (TPSA) is 45.5 Å². The Morgan fingerprint density at radius 3 is 2.88 bits per heavy atom. The Labute approximate surface area is 149 Å². The van der Waals surface area contributed by atoms with E-state index in [0.717, 1.165) is 30.4 Å². The molecule has 0 radical (unpaired) electrons. The third kappa shape index (κ3) is 5.89. The van der Waals surface area contributed by atoms with Crippen molar-refractivity contribution in [1.29, 1.82) is 0 Å². The zero-order valence-corrected chi connectivity index (χ0v) is 15.5. The predicted molar refractivity (Wildman–Crippen MR) is 99.7 cm³/mol. The molecular formula is C19H28FN5. The van der Waals surface area contributed by atoms with Crippen molar-refractivity contribution < 1.29 is 4.39 Å². The van der Waals surface area contributed by atoms with Gasteiger partial charge in [-0.15, -0.1) is 0 Å². The summed E-state index contributed by atoms with van der Waals surface area (Å²) in [6.45, 7) is 9.20. The van der Waals surface area contributed by atoms with E-state index in [0.29, 0.717) is 19.0 Å². The van der Waals surface area contributed by atoms with Crippen LogP contribution in [0.25, 0.3) is 0 Å². The fraction of sp³-hybridized carbons (Fsp3) is 0.474. The SMILES string of the molecule is CCNC(=NCc1nccn1CC(C)C)N(C)Cc1cccc(F)c1. The molecule has 0 aliphatic heterocycles. The number of imidazole rings is 1. The summed E-state index contributed by atoms with van der Waals surface area (Å²) >= 11 is 0. The summed E-state index contributed by atoms with van der Waals surface area (Å²) in [5.74, 6) is 2.07. The van der Waals surface area contributed by atoms with Gasteiger partial charge < -0.3 is 14.8 Å². The highest BCUT2D eigenvalue weighted by atomic mass is 19.1. The van der Waals surface area contributed by atoms with Crippen LogP contribution in [0.2, 0.25) is 0 Å². The minimum atomic E-state index is -0.219. The van der Waals surface area contributed by atoms with E-state index in [9.17, 15) is 4.39 Å². The summed E-state index contributed by atoms with van der Waals surface area (Å²) in [5, 5.41) is 3.29. The normalized spacial score (nSPS) is 11.8. The third-order valence-corrected chi connectivity index (χ3v) is 3.74. The van der Waals surface area contributed by atoms with Crippen LogP contribution >= 0.6 is 0 Å². The van der Waals surface area contributed by atoms with Crippen LogP contribution < -0.4 is 5.32 Å². The number of nitrogens with zero attached hydrogens (tertiary/aromatic N) is 4. The van der Waals surface area contributed by atoms with Crippen molar-refractivity contribution in [2.24, 2.45) is 10.9 Å². The molecule has 1 aromatic heterocycles. The van der Waals surface area contributed by atoms with Gasteiger partial charge in [0.2, 0.25) is 0 Å². The van der Waals surface area contributed by atoms with Gasteiger partial charge in [-0.05, 0) is 30.5 Å². The Morgan fingerprint density at radius 2 is 2.20 bits per heavy atom.